The van der Waals surface area contributed by atoms with Gasteiger partial charge in [0, 0.05) is 73.7 Å². The quantitative estimate of drug-likeness (QED) is 0.162. The zero-order valence-electron chi connectivity index (χ0n) is 31.7. The Morgan fingerprint density at radius 3 is 1.83 bits per heavy atom. The molecule has 2 nitrogen and oxygen atoms in total. The molecule has 3 aromatic heterocycles. The van der Waals surface area contributed by atoms with E-state index < -0.39 is 0 Å². The molecule has 5 heteroatoms. The minimum absolute atomic E-state index is 0.00523. The highest BCUT2D eigenvalue weighted by atomic mass is 32.1. The molecule has 0 N–H and O–H groups in total. The van der Waals surface area contributed by atoms with E-state index in [1.165, 1.54) is 124 Å². The van der Waals surface area contributed by atoms with Crippen molar-refractivity contribution in [3.8, 4) is 27.9 Å². The molecule has 14 rings (SSSR count). The van der Waals surface area contributed by atoms with E-state index in [9.17, 15) is 0 Å². The minimum Gasteiger partial charge on any atom is -0.311 e. The van der Waals surface area contributed by atoms with Gasteiger partial charge in [-0.05, 0) is 87.7 Å². The maximum absolute atomic E-state index is 2.62. The lowest BCUT2D eigenvalue weighted by Gasteiger charge is -2.41. The lowest BCUT2D eigenvalue weighted by atomic mass is 9.33. The summed E-state index contributed by atoms with van der Waals surface area (Å²) in [6, 6.07) is 70.4. The Hall–Kier alpha value is -6.92. The normalized spacial score (nSPS) is 13.0. The Morgan fingerprint density at radius 1 is 0.373 bits per heavy atom. The van der Waals surface area contributed by atoms with Crippen LogP contribution in [0.5, 0.6) is 0 Å². The molecule has 0 aliphatic carbocycles. The van der Waals surface area contributed by atoms with Crippen molar-refractivity contribution >= 4 is 125 Å². The van der Waals surface area contributed by atoms with Gasteiger partial charge in [-0.15, -0.1) is 22.7 Å². The fourth-order valence-corrected chi connectivity index (χ4v) is 12.9. The molecule has 0 saturated heterocycles. The van der Waals surface area contributed by atoms with E-state index in [4.69, 9.17) is 0 Å². The maximum Gasteiger partial charge on any atom is 0.254 e. The summed E-state index contributed by atoms with van der Waals surface area (Å²) in [5.74, 6) is 0. The Kier molecular flexibility index (Phi) is 6.43. The van der Waals surface area contributed by atoms with Crippen molar-refractivity contribution in [2.24, 2.45) is 0 Å². The van der Waals surface area contributed by atoms with Gasteiger partial charge in [-0.1, -0.05) is 133 Å². The second-order valence-electron chi connectivity index (χ2n) is 16.0. The number of aromatic nitrogens is 1. The monoisotopic (exact) mass is 782 g/mol. The summed E-state index contributed by atoms with van der Waals surface area (Å²) in [7, 11) is 0. The third-order valence-corrected chi connectivity index (χ3v) is 15.3. The lowest BCUT2D eigenvalue weighted by Crippen LogP contribution is -2.60. The van der Waals surface area contributed by atoms with Crippen molar-refractivity contribution in [1.82, 2.24) is 4.57 Å². The number of hydrogen-bond donors (Lipinski definition) is 0. The fourth-order valence-electron chi connectivity index (χ4n) is 10.5. The van der Waals surface area contributed by atoms with Gasteiger partial charge in [0.15, 0.2) is 0 Å². The molecule has 0 amide bonds. The van der Waals surface area contributed by atoms with E-state index in [0.29, 0.717) is 0 Å². The molecule has 12 aromatic rings. The molecule has 0 bridgehead atoms. The summed E-state index contributed by atoms with van der Waals surface area (Å²) < 4.78 is 8.00. The van der Waals surface area contributed by atoms with Crippen LogP contribution in [0.15, 0.2) is 188 Å². The minimum atomic E-state index is 0.00523. The van der Waals surface area contributed by atoms with E-state index in [0.717, 1.165) is 0 Å². The Morgan fingerprint density at radius 2 is 1.02 bits per heavy atom. The highest BCUT2D eigenvalue weighted by molar-refractivity contribution is 7.28. The number of fused-ring (bicyclic) bond motifs is 14. The molecular weight excluding hydrogens is 752 g/mol. The molecule has 272 valence electrons. The van der Waals surface area contributed by atoms with Gasteiger partial charge in [0.1, 0.15) is 0 Å². The number of nitrogens with zero attached hydrogens (tertiary/aromatic N) is 2. The molecule has 2 aliphatic rings. The first-order valence-corrected chi connectivity index (χ1v) is 21.9. The predicted octanol–water partition coefficient (Wildman–Crippen LogP) is 13.5. The number of benzene rings is 9. The van der Waals surface area contributed by atoms with Gasteiger partial charge in [0.2, 0.25) is 0 Å². The van der Waals surface area contributed by atoms with Crippen LogP contribution >= 0.6 is 22.7 Å². The van der Waals surface area contributed by atoms with Crippen molar-refractivity contribution in [1.29, 1.82) is 0 Å². The van der Waals surface area contributed by atoms with Crippen LogP contribution < -0.4 is 21.3 Å². The van der Waals surface area contributed by atoms with Crippen LogP contribution in [-0.2, 0) is 0 Å². The van der Waals surface area contributed by atoms with Crippen LogP contribution in [0, 0.1) is 0 Å². The molecule has 5 heterocycles. The van der Waals surface area contributed by atoms with Crippen molar-refractivity contribution in [2.45, 2.75) is 0 Å². The fraction of sp³-hybridized carbons (Fsp3) is 0. The van der Waals surface area contributed by atoms with Crippen LogP contribution in [0.3, 0.4) is 0 Å². The molecule has 0 spiro atoms. The molecule has 2 aliphatic heterocycles. The first-order chi connectivity index (χ1) is 29.3. The van der Waals surface area contributed by atoms with Gasteiger partial charge in [-0.25, -0.2) is 0 Å². The number of para-hydroxylation sites is 2. The predicted molar refractivity (Wildman–Crippen MR) is 257 cm³/mol. The zero-order chi connectivity index (χ0) is 38.3. The van der Waals surface area contributed by atoms with Crippen LogP contribution in [-0.4, -0.2) is 11.3 Å². The van der Waals surface area contributed by atoms with Crippen molar-refractivity contribution in [2.75, 3.05) is 4.90 Å². The van der Waals surface area contributed by atoms with Gasteiger partial charge in [-0.3, -0.25) is 0 Å². The molecule has 0 atom stereocenters. The molecular formula is C54H31BN2S2. The molecule has 0 saturated carbocycles. The molecule has 0 radical (unpaired) electrons. The summed E-state index contributed by atoms with van der Waals surface area (Å²) in [6.45, 7) is 0.00523. The zero-order valence-corrected chi connectivity index (χ0v) is 33.3. The summed E-state index contributed by atoms with van der Waals surface area (Å²) >= 11 is 3.87. The SMILES string of the molecule is c1ccc(-c2cc3c4c(c2)-n2c5ccccc5c5cc6c(sc7ccccc76)c(c52)B4c2cc4sc5ccccc5c4cc2N3c2ccccc2-c2ccccc2)cc1. The molecule has 9 aromatic carbocycles. The standard InChI is InChI=1S/C54H31BN2S2/c1-3-15-32(16-4-1)34-27-46-51-47(28-34)57-44-24-12-8-20-36(44)40-29-41-38-22-10-14-26-49(38)59-54(41)52(53(40)57)55(51)42-31-50-39(37-21-9-13-25-48(37)58-50)30-45(42)56(46)43-23-11-7-19-35(43)33-17-5-2-6-18-33/h1-31H. The first kappa shape index (κ1) is 32.1. The van der Waals surface area contributed by atoms with E-state index in [1.807, 2.05) is 22.7 Å². The summed E-state index contributed by atoms with van der Waals surface area (Å²) in [5.41, 5.74) is 16.5. The highest BCUT2D eigenvalue weighted by Gasteiger charge is 2.44. The van der Waals surface area contributed by atoms with Gasteiger partial charge in [0.05, 0.1) is 16.7 Å². The third kappa shape index (κ3) is 4.31. The van der Waals surface area contributed by atoms with E-state index >= 15 is 0 Å². The largest absolute Gasteiger partial charge is 0.311 e. The van der Waals surface area contributed by atoms with Crippen LogP contribution in [0.25, 0.3) is 90.1 Å². The molecule has 59 heavy (non-hydrogen) atoms. The topological polar surface area (TPSA) is 8.17 Å². The van der Waals surface area contributed by atoms with E-state index in [2.05, 4.69) is 198 Å². The van der Waals surface area contributed by atoms with Crippen LogP contribution in [0.2, 0.25) is 0 Å². The average molecular weight is 783 g/mol. The Balaban J connectivity index is 1.22. The molecule has 0 unspecified atom stereocenters. The molecule has 0 fully saturated rings. The van der Waals surface area contributed by atoms with Crippen LogP contribution in [0.1, 0.15) is 0 Å². The Bertz CT molecular complexity index is 3750. The number of anilines is 3. The first-order valence-electron chi connectivity index (χ1n) is 20.3. The van der Waals surface area contributed by atoms with Gasteiger partial charge in [0.25, 0.3) is 6.71 Å². The van der Waals surface area contributed by atoms with Crippen molar-refractivity contribution in [3.63, 3.8) is 0 Å². The van der Waals surface area contributed by atoms with Gasteiger partial charge < -0.3 is 9.47 Å². The third-order valence-electron chi connectivity index (χ3n) is 12.9. The highest BCUT2D eigenvalue weighted by Crippen LogP contribution is 2.49. The summed E-state index contributed by atoms with van der Waals surface area (Å²) in [6.07, 6.45) is 0. The average Bonchev–Trinajstić information content (AvgIpc) is 3.97. The second-order valence-corrected chi connectivity index (χ2v) is 18.1. The van der Waals surface area contributed by atoms with E-state index in [-0.39, 0.29) is 6.71 Å². The van der Waals surface area contributed by atoms with Gasteiger partial charge >= 0.3 is 0 Å². The number of hydrogen-bond acceptors (Lipinski definition) is 3. The van der Waals surface area contributed by atoms with Crippen molar-refractivity contribution in [3.05, 3.63) is 188 Å². The van der Waals surface area contributed by atoms with Gasteiger partial charge in [-0.2, -0.15) is 0 Å². The Labute approximate surface area is 348 Å². The summed E-state index contributed by atoms with van der Waals surface area (Å²) in [5, 5.41) is 7.93. The van der Waals surface area contributed by atoms with Crippen molar-refractivity contribution < 1.29 is 0 Å². The lowest BCUT2D eigenvalue weighted by molar-refractivity contribution is 1.18. The summed E-state index contributed by atoms with van der Waals surface area (Å²) in [4.78, 5) is 2.62. The van der Waals surface area contributed by atoms with Crippen LogP contribution in [0.4, 0.5) is 17.1 Å². The maximum atomic E-state index is 2.62. The number of rotatable bonds is 3. The smallest absolute Gasteiger partial charge is 0.254 e. The van der Waals surface area contributed by atoms with E-state index in [1.54, 1.807) is 0 Å². The second kappa shape index (κ2) is 11.8. The number of thiophene rings is 2.